The molecule has 1 aliphatic heterocycles. The van der Waals surface area contributed by atoms with Crippen LogP contribution in [0.25, 0.3) is 0 Å². The molecule has 0 saturated heterocycles. The van der Waals surface area contributed by atoms with E-state index in [1.165, 1.54) is 0 Å². The summed E-state index contributed by atoms with van der Waals surface area (Å²) < 4.78 is 5.81. The van der Waals surface area contributed by atoms with Gasteiger partial charge in [0, 0.05) is 6.20 Å². The fourth-order valence-corrected chi connectivity index (χ4v) is 1.27. The second-order valence-electron chi connectivity index (χ2n) is 2.56. The van der Waals surface area contributed by atoms with Crippen LogP contribution in [0.1, 0.15) is 0 Å². The fraction of sp³-hybridized carbons (Fsp3) is 0.250. The van der Waals surface area contributed by atoms with Crippen molar-refractivity contribution in [3.8, 4) is 0 Å². The normalized spacial score (nSPS) is 15.6. The molecule has 0 spiro atoms. The molecule has 5 heteroatoms. The van der Waals surface area contributed by atoms with Crippen LogP contribution >= 0.6 is 15.9 Å². The molecule has 2 rings (SSSR count). The molecule has 0 aliphatic carbocycles. The van der Waals surface area contributed by atoms with Crippen molar-refractivity contribution in [2.24, 2.45) is 0 Å². The van der Waals surface area contributed by atoms with Gasteiger partial charge in [-0.3, -0.25) is 0 Å². The molecule has 0 aromatic carbocycles. The summed E-state index contributed by atoms with van der Waals surface area (Å²) in [5.41, 5.74) is 0. The Kier molecular flexibility index (Phi) is 2.44. The van der Waals surface area contributed by atoms with Crippen LogP contribution in [0.15, 0.2) is 29.2 Å². The predicted octanol–water partition coefficient (Wildman–Crippen LogP) is 1.55. The van der Waals surface area contributed by atoms with E-state index in [4.69, 9.17) is 4.74 Å². The third-order valence-electron chi connectivity index (χ3n) is 1.70. The lowest BCUT2D eigenvalue weighted by Gasteiger charge is -2.21. The van der Waals surface area contributed by atoms with Crippen molar-refractivity contribution in [1.82, 2.24) is 10.2 Å². The Morgan fingerprint density at radius 1 is 1.38 bits per heavy atom. The van der Waals surface area contributed by atoms with Crippen molar-refractivity contribution in [2.45, 2.75) is 0 Å². The molecule has 0 radical (unpaired) electrons. The second kappa shape index (κ2) is 3.74. The summed E-state index contributed by atoms with van der Waals surface area (Å²) in [6.45, 7) is 1.50. The van der Waals surface area contributed by atoms with Crippen molar-refractivity contribution in [1.29, 1.82) is 0 Å². The van der Waals surface area contributed by atoms with Gasteiger partial charge in [-0.1, -0.05) is 0 Å². The molecule has 0 fully saturated rings. The predicted molar refractivity (Wildman–Crippen MR) is 52.2 cm³/mol. The average Bonchev–Trinajstić information content (AvgIpc) is 2.20. The van der Waals surface area contributed by atoms with E-state index in [1.807, 2.05) is 23.2 Å². The van der Waals surface area contributed by atoms with E-state index in [-0.39, 0.29) is 0 Å². The van der Waals surface area contributed by atoms with Crippen LogP contribution in [0.5, 0.6) is 0 Å². The zero-order valence-electron chi connectivity index (χ0n) is 6.85. The van der Waals surface area contributed by atoms with Crippen LogP contribution in [0.4, 0.5) is 5.82 Å². The molecule has 2 heterocycles. The Morgan fingerprint density at radius 2 is 2.31 bits per heavy atom. The molecule has 0 bridgehead atoms. The van der Waals surface area contributed by atoms with Gasteiger partial charge in [-0.25, -0.2) is 0 Å². The first-order chi connectivity index (χ1) is 6.36. The minimum absolute atomic E-state index is 0.689. The number of ether oxygens (including phenoxy) is 1. The van der Waals surface area contributed by atoms with Gasteiger partial charge < -0.3 is 9.64 Å². The third-order valence-corrected chi connectivity index (χ3v) is 2.12. The summed E-state index contributed by atoms with van der Waals surface area (Å²) in [5.74, 6) is 0.836. The monoisotopic (exact) mass is 241 g/mol. The highest BCUT2D eigenvalue weighted by molar-refractivity contribution is 9.10. The minimum Gasteiger partial charge on any atom is -0.498 e. The van der Waals surface area contributed by atoms with Gasteiger partial charge >= 0.3 is 0 Å². The minimum atomic E-state index is 0.689. The molecule has 0 atom stereocenters. The van der Waals surface area contributed by atoms with Gasteiger partial charge in [-0.2, -0.15) is 0 Å². The van der Waals surface area contributed by atoms with Crippen molar-refractivity contribution in [2.75, 3.05) is 18.1 Å². The van der Waals surface area contributed by atoms with Crippen molar-refractivity contribution >= 4 is 21.7 Å². The van der Waals surface area contributed by atoms with Gasteiger partial charge in [-0.15, -0.1) is 10.2 Å². The summed E-state index contributed by atoms with van der Waals surface area (Å²) in [5, 5.41) is 7.93. The molecule has 68 valence electrons. The van der Waals surface area contributed by atoms with E-state index in [0.717, 1.165) is 17.0 Å². The molecule has 0 N–H and O–H groups in total. The molecule has 0 amide bonds. The first-order valence-electron chi connectivity index (χ1n) is 3.90. The summed E-state index contributed by atoms with van der Waals surface area (Å²) in [6, 6.07) is 3.78. The molecule has 4 nitrogen and oxygen atoms in total. The second-order valence-corrected chi connectivity index (χ2v) is 3.38. The van der Waals surface area contributed by atoms with Crippen LogP contribution in [0.2, 0.25) is 0 Å². The Balaban J connectivity index is 2.19. The molecule has 1 aromatic rings. The molecule has 1 aliphatic rings. The Bertz CT molecular complexity index is 312. The largest absolute Gasteiger partial charge is 0.498 e. The fourth-order valence-electron chi connectivity index (χ4n) is 1.06. The SMILES string of the molecule is Brc1ccc(N2C=COCC2)nn1. The maximum Gasteiger partial charge on any atom is 0.155 e. The van der Waals surface area contributed by atoms with E-state index < -0.39 is 0 Å². The molecule has 0 saturated carbocycles. The average molecular weight is 242 g/mol. The quantitative estimate of drug-likeness (QED) is 0.748. The lowest BCUT2D eigenvalue weighted by atomic mass is 10.4. The summed E-state index contributed by atoms with van der Waals surface area (Å²) >= 11 is 3.23. The lowest BCUT2D eigenvalue weighted by molar-refractivity contribution is 0.245. The number of aromatic nitrogens is 2. The summed E-state index contributed by atoms with van der Waals surface area (Å²) in [4.78, 5) is 1.99. The van der Waals surface area contributed by atoms with Crippen LogP contribution in [-0.4, -0.2) is 23.3 Å². The lowest BCUT2D eigenvalue weighted by Crippen LogP contribution is -2.25. The van der Waals surface area contributed by atoms with Gasteiger partial charge in [0.2, 0.25) is 0 Å². The maximum atomic E-state index is 5.07. The van der Waals surface area contributed by atoms with Gasteiger partial charge in [0.25, 0.3) is 0 Å². The highest BCUT2D eigenvalue weighted by Crippen LogP contribution is 2.13. The summed E-state index contributed by atoms with van der Waals surface area (Å²) in [6.07, 6.45) is 3.51. The van der Waals surface area contributed by atoms with Gasteiger partial charge in [0.15, 0.2) is 5.82 Å². The molecule has 13 heavy (non-hydrogen) atoms. The van der Waals surface area contributed by atoms with Crippen LogP contribution in [0.3, 0.4) is 0 Å². The number of rotatable bonds is 1. The molecule has 0 unspecified atom stereocenters. The zero-order chi connectivity index (χ0) is 9.10. The van der Waals surface area contributed by atoms with E-state index in [0.29, 0.717) is 6.61 Å². The standard InChI is InChI=1S/C8H8BrN3O/c9-7-1-2-8(11-10-7)12-3-5-13-6-4-12/h1-3,5H,4,6H2. The van der Waals surface area contributed by atoms with Gasteiger partial charge in [0.1, 0.15) is 11.2 Å². The van der Waals surface area contributed by atoms with E-state index in [2.05, 4.69) is 26.1 Å². The molecule has 1 aromatic heterocycles. The van der Waals surface area contributed by atoms with Crippen molar-refractivity contribution in [3.63, 3.8) is 0 Å². The Hall–Kier alpha value is -1.10. The number of hydrogen-bond donors (Lipinski definition) is 0. The highest BCUT2D eigenvalue weighted by Gasteiger charge is 2.07. The topological polar surface area (TPSA) is 38.2 Å². The van der Waals surface area contributed by atoms with E-state index >= 15 is 0 Å². The highest BCUT2D eigenvalue weighted by atomic mass is 79.9. The molecular weight excluding hydrogens is 234 g/mol. The number of nitrogens with zero attached hydrogens (tertiary/aromatic N) is 3. The third kappa shape index (κ3) is 1.98. The Morgan fingerprint density at radius 3 is 2.92 bits per heavy atom. The van der Waals surface area contributed by atoms with Gasteiger partial charge in [-0.05, 0) is 28.1 Å². The van der Waals surface area contributed by atoms with Crippen LogP contribution < -0.4 is 4.90 Å². The zero-order valence-corrected chi connectivity index (χ0v) is 8.44. The van der Waals surface area contributed by atoms with E-state index in [9.17, 15) is 0 Å². The van der Waals surface area contributed by atoms with Gasteiger partial charge in [0.05, 0.1) is 12.8 Å². The van der Waals surface area contributed by atoms with Crippen molar-refractivity contribution < 1.29 is 4.74 Å². The molecular formula is C8H8BrN3O. The number of hydrogen-bond acceptors (Lipinski definition) is 4. The van der Waals surface area contributed by atoms with Crippen LogP contribution in [0, 0.1) is 0 Å². The Labute approximate surface area is 84.3 Å². The van der Waals surface area contributed by atoms with E-state index in [1.54, 1.807) is 6.26 Å². The first-order valence-corrected chi connectivity index (χ1v) is 4.70. The maximum absolute atomic E-state index is 5.07. The first kappa shape index (κ1) is 8.50. The number of halogens is 1. The van der Waals surface area contributed by atoms with Crippen molar-refractivity contribution in [3.05, 3.63) is 29.2 Å². The summed E-state index contributed by atoms with van der Waals surface area (Å²) in [7, 11) is 0. The number of anilines is 1. The van der Waals surface area contributed by atoms with Crippen LogP contribution in [-0.2, 0) is 4.74 Å². The smallest absolute Gasteiger partial charge is 0.155 e.